The smallest absolute Gasteiger partial charge is 0.224 e. The van der Waals surface area contributed by atoms with Crippen LogP contribution in [-0.4, -0.2) is 29.9 Å². The molecule has 1 aromatic rings. The Morgan fingerprint density at radius 2 is 2.05 bits per heavy atom. The van der Waals surface area contributed by atoms with Gasteiger partial charge in [0, 0.05) is 23.8 Å². The summed E-state index contributed by atoms with van der Waals surface area (Å²) in [5.74, 6) is 0.0592. The van der Waals surface area contributed by atoms with Crippen molar-refractivity contribution in [2.45, 2.75) is 53.0 Å². The van der Waals surface area contributed by atoms with Crippen LogP contribution in [-0.2, 0) is 4.79 Å². The minimum absolute atomic E-state index is 0.0592. The predicted molar refractivity (Wildman–Crippen MR) is 90.5 cm³/mol. The molecule has 0 fully saturated rings. The second-order valence-electron chi connectivity index (χ2n) is 5.80. The van der Waals surface area contributed by atoms with Crippen LogP contribution in [0.15, 0.2) is 18.2 Å². The van der Waals surface area contributed by atoms with E-state index in [-0.39, 0.29) is 5.91 Å². The van der Waals surface area contributed by atoms with Crippen molar-refractivity contribution in [2.24, 2.45) is 0 Å². The maximum Gasteiger partial charge on any atom is 0.224 e. The first kappa shape index (κ1) is 17.5. The quantitative estimate of drug-likeness (QED) is 0.722. The van der Waals surface area contributed by atoms with Crippen LogP contribution in [0.2, 0.25) is 0 Å². The first-order valence-corrected chi connectivity index (χ1v) is 7.84. The van der Waals surface area contributed by atoms with E-state index in [1.807, 2.05) is 25.1 Å². The molecule has 4 heteroatoms. The number of nitrogens with one attached hydrogen (secondary N) is 1. The molecule has 0 spiro atoms. The molecule has 1 rings (SSSR count). The lowest BCUT2D eigenvalue weighted by Gasteiger charge is -2.25. The maximum atomic E-state index is 12.0. The van der Waals surface area contributed by atoms with Crippen molar-refractivity contribution >= 4 is 17.3 Å². The molecule has 0 heterocycles. The molecule has 0 aliphatic carbocycles. The Hall–Kier alpha value is -1.55. The largest absolute Gasteiger partial charge is 0.398 e. The molecule has 4 nitrogen and oxygen atoms in total. The second-order valence-corrected chi connectivity index (χ2v) is 5.80. The van der Waals surface area contributed by atoms with E-state index in [9.17, 15) is 4.79 Å². The number of anilines is 2. The first-order valence-electron chi connectivity index (χ1n) is 7.84. The molecular weight excluding hydrogens is 262 g/mol. The minimum atomic E-state index is 0.0592. The third-order valence-electron chi connectivity index (χ3n) is 3.74. The second kappa shape index (κ2) is 8.67. The van der Waals surface area contributed by atoms with Gasteiger partial charge in [-0.2, -0.15) is 0 Å². The summed E-state index contributed by atoms with van der Waals surface area (Å²) in [6.45, 7) is 10.6. The standard InChI is InChI=1S/C17H29N3O/c1-5-11-20(13(2)3)12-7-10-17(21)19-16-9-6-8-15(18)14(16)4/h6,8-9,13H,5,7,10-12,18H2,1-4H3,(H,19,21). The van der Waals surface area contributed by atoms with Crippen molar-refractivity contribution in [1.29, 1.82) is 0 Å². The number of nitrogens with zero attached hydrogens (tertiary/aromatic N) is 1. The van der Waals surface area contributed by atoms with Crippen LogP contribution in [0.1, 0.15) is 45.6 Å². The number of carbonyl (C=O) groups is 1. The highest BCUT2D eigenvalue weighted by molar-refractivity contribution is 5.92. The van der Waals surface area contributed by atoms with Crippen LogP contribution in [0.4, 0.5) is 11.4 Å². The minimum Gasteiger partial charge on any atom is -0.398 e. The van der Waals surface area contributed by atoms with Crippen LogP contribution in [0, 0.1) is 6.92 Å². The summed E-state index contributed by atoms with van der Waals surface area (Å²) >= 11 is 0. The monoisotopic (exact) mass is 291 g/mol. The maximum absolute atomic E-state index is 12.0. The molecule has 0 saturated heterocycles. The number of amides is 1. The summed E-state index contributed by atoms with van der Waals surface area (Å²) in [6, 6.07) is 6.13. The average molecular weight is 291 g/mol. The van der Waals surface area contributed by atoms with Crippen LogP contribution >= 0.6 is 0 Å². The third-order valence-corrected chi connectivity index (χ3v) is 3.74. The highest BCUT2D eigenvalue weighted by atomic mass is 16.1. The Balaban J connectivity index is 2.42. The van der Waals surface area contributed by atoms with Gasteiger partial charge in [0.15, 0.2) is 0 Å². The molecule has 3 N–H and O–H groups in total. The zero-order chi connectivity index (χ0) is 15.8. The predicted octanol–water partition coefficient (Wildman–Crippen LogP) is 3.42. The summed E-state index contributed by atoms with van der Waals surface area (Å²) in [4.78, 5) is 14.4. The van der Waals surface area contributed by atoms with Gasteiger partial charge in [-0.1, -0.05) is 13.0 Å². The summed E-state index contributed by atoms with van der Waals surface area (Å²) in [6.07, 6.45) is 2.57. The Kier molecular flexibility index (Phi) is 7.23. The van der Waals surface area contributed by atoms with Gasteiger partial charge < -0.3 is 16.0 Å². The van der Waals surface area contributed by atoms with E-state index in [0.717, 1.165) is 37.2 Å². The first-order chi connectivity index (χ1) is 9.95. The molecular formula is C17H29N3O. The molecule has 0 aliphatic heterocycles. The van der Waals surface area contributed by atoms with E-state index < -0.39 is 0 Å². The lowest BCUT2D eigenvalue weighted by molar-refractivity contribution is -0.116. The molecule has 0 aliphatic rings. The van der Waals surface area contributed by atoms with Crippen molar-refractivity contribution in [3.8, 4) is 0 Å². The lowest BCUT2D eigenvalue weighted by Crippen LogP contribution is -2.33. The molecule has 1 amide bonds. The zero-order valence-electron chi connectivity index (χ0n) is 13.8. The van der Waals surface area contributed by atoms with Crippen molar-refractivity contribution in [3.05, 3.63) is 23.8 Å². The van der Waals surface area contributed by atoms with E-state index in [2.05, 4.69) is 31.0 Å². The SMILES string of the molecule is CCCN(CCCC(=O)Nc1cccc(N)c1C)C(C)C. The molecule has 21 heavy (non-hydrogen) atoms. The van der Waals surface area contributed by atoms with E-state index in [1.165, 1.54) is 0 Å². The van der Waals surface area contributed by atoms with Crippen LogP contribution < -0.4 is 11.1 Å². The van der Waals surface area contributed by atoms with Crippen molar-refractivity contribution in [2.75, 3.05) is 24.1 Å². The summed E-state index contributed by atoms with van der Waals surface area (Å²) < 4.78 is 0. The fourth-order valence-corrected chi connectivity index (χ4v) is 2.36. The Bertz CT molecular complexity index is 457. The van der Waals surface area contributed by atoms with Gasteiger partial charge in [-0.05, 0) is 64.4 Å². The van der Waals surface area contributed by atoms with Crippen LogP contribution in [0.5, 0.6) is 0 Å². The van der Waals surface area contributed by atoms with Crippen molar-refractivity contribution in [3.63, 3.8) is 0 Å². The fraction of sp³-hybridized carbons (Fsp3) is 0.588. The molecule has 1 aromatic carbocycles. The van der Waals surface area contributed by atoms with Gasteiger partial charge in [0.1, 0.15) is 0 Å². The van der Waals surface area contributed by atoms with E-state index in [1.54, 1.807) is 0 Å². The summed E-state index contributed by atoms with van der Waals surface area (Å²) in [5, 5.41) is 2.95. The van der Waals surface area contributed by atoms with Crippen LogP contribution in [0.25, 0.3) is 0 Å². The molecule has 0 unspecified atom stereocenters. The number of carbonyl (C=O) groups excluding carboxylic acids is 1. The topological polar surface area (TPSA) is 58.4 Å². The third kappa shape index (κ3) is 5.76. The van der Waals surface area contributed by atoms with Crippen molar-refractivity contribution in [1.82, 2.24) is 4.90 Å². The Morgan fingerprint density at radius 1 is 1.33 bits per heavy atom. The van der Waals surface area contributed by atoms with Gasteiger partial charge in [-0.3, -0.25) is 4.79 Å². The fourth-order valence-electron chi connectivity index (χ4n) is 2.36. The van der Waals surface area contributed by atoms with Gasteiger partial charge in [0.05, 0.1) is 0 Å². The highest BCUT2D eigenvalue weighted by Crippen LogP contribution is 2.20. The lowest BCUT2D eigenvalue weighted by atomic mass is 10.1. The molecule has 0 aromatic heterocycles. The molecule has 0 bridgehead atoms. The van der Waals surface area contributed by atoms with Gasteiger partial charge in [0.25, 0.3) is 0 Å². The highest BCUT2D eigenvalue weighted by Gasteiger charge is 2.10. The Morgan fingerprint density at radius 3 is 2.67 bits per heavy atom. The number of nitrogens with two attached hydrogens (primary N) is 1. The zero-order valence-corrected chi connectivity index (χ0v) is 13.8. The van der Waals surface area contributed by atoms with Crippen molar-refractivity contribution < 1.29 is 4.79 Å². The summed E-state index contributed by atoms with van der Waals surface area (Å²) in [7, 11) is 0. The molecule has 0 atom stereocenters. The normalized spacial score (nSPS) is 11.1. The van der Waals surface area contributed by atoms with Gasteiger partial charge in [0.2, 0.25) is 5.91 Å². The number of hydrogen-bond donors (Lipinski definition) is 2. The number of benzene rings is 1. The number of hydrogen-bond acceptors (Lipinski definition) is 3. The number of nitrogen functional groups attached to an aromatic ring is 1. The molecule has 118 valence electrons. The average Bonchev–Trinajstić information content (AvgIpc) is 2.43. The van der Waals surface area contributed by atoms with Gasteiger partial charge in [-0.25, -0.2) is 0 Å². The molecule has 0 radical (unpaired) electrons. The van der Waals surface area contributed by atoms with Gasteiger partial charge >= 0.3 is 0 Å². The number of rotatable bonds is 8. The van der Waals surface area contributed by atoms with E-state index in [4.69, 9.17) is 5.73 Å². The van der Waals surface area contributed by atoms with E-state index in [0.29, 0.717) is 18.2 Å². The molecule has 0 saturated carbocycles. The summed E-state index contributed by atoms with van der Waals surface area (Å²) in [5.41, 5.74) is 8.30. The van der Waals surface area contributed by atoms with Crippen LogP contribution in [0.3, 0.4) is 0 Å². The Labute approximate surface area is 128 Å². The van der Waals surface area contributed by atoms with Gasteiger partial charge in [-0.15, -0.1) is 0 Å². The van der Waals surface area contributed by atoms with E-state index >= 15 is 0 Å².